The van der Waals surface area contributed by atoms with Gasteiger partial charge in [0.2, 0.25) is 0 Å². The van der Waals surface area contributed by atoms with Crippen molar-refractivity contribution in [2.75, 3.05) is 0 Å². The smallest absolute Gasteiger partial charge is 0.267 e. The zero-order chi connectivity index (χ0) is 19.1. The van der Waals surface area contributed by atoms with Gasteiger partial charge in [0.05, 0.1) is 27.2 Å². The van der Waals surface area contributed by atoms with Gasteiger partial charge in [0, 0.05) is 12.1 Å². The first-order chi connectivity index (χ1) is 12.4. The third kappa shape index (κ3) is 5.06. The fourth-order valence-corrected chi connectivity index (χ4v) is 1.96. The summed E-state index contributed by atoms with van der Waals surface area (Å²) in [6.45, 7) is 1.65. The normalized spacial score (nSPS) is 11.3. The Morgan fingerprint density at radius 1 is 1.04 bits per heavy atom. The minimum Gasteiger partial charge on any atom is -0.267 e. The maximum Gasteiger partial charge on any atom is 0.277 e. The summed E-state index contributed by atoms with van der Waals surface area (Å²) >= 11 is 0. The van der Waals surface area contributed by atoms with E-state index in [0.29, 0.717) is 5.71 Å². The minimum absolute atomic E-state index is 0.227. The molecule has 0 aliphatic rings. The van der Waals surface area contributed by atoms with Crippen LogP contribution in [0.4, 0.5) is 11.4 Å². The first kappa shape index (κ1) is 18.5. The molecule has 9 nitrogen and oxygen atoms in total. The molecule has 0 aliphatic heterocycles. The molecule has 26 heavy (non-hydrogen) atoms. The van der Waals surface area contributed by atoms with E-state index in [1.165, 1.54) is 0 Å². The van der Waals surface area contributed by atoms with E-state index in [4.69, 9.17) is 0 Å². The van der Waals surface area contributed by atoms with E-state index in [9.17, 15) is 25.0 Å². The second-order valence-corrected chi connectivity index (χ2v) is 5.19. The van der Waals surface area contributed by atoms with Crippen molar-refractivity contribution in [2.24, 2.45) is 5.10 Å². The molecule has 0 fully saturated rings. The summed E-state index contributed by atoms with van der Waals surface area (Å²) in [6, 6.07) is 12.1. The van der Waals surface area contributed by atoms with Crippen molar-refractivity contribution in [1.82, 2.24) is 5.43 Å². The predicted octanol–water partition coefficient (Wildman–Crippen LogP) is 3.32. The average molecular weight is 354 g/mol. The Balaban J connectivity index is 2.15. The highest BCUT2D eigenvalue weighted by Crippen LogP contribution is 2.22. The first-order valence-corrected chi connectivity index (χ1v) is 7.38. The zero-order valence-electron chi connectivity index (χ0n) is 13.7. The molecule has 1 amide bonds. The number of hydrogen-bond acceptors (Lipinski definition) is 6. The van der Waals surface area contributed by atoms with Gasteiger partial charge >= 0.3 is 0 Å². The number of benzene rings is 2. The van der Waals surface area contributed by atoms with Gasteiger partial charge in [-0.1, -0.05) is 36.4 Å². The van der Waals surface area contributed by atoms with E-state index in [2.05, 4.69) is 10.5 Å². The SMILES string of the molecule is CC(/C=C/c1ccccc1)=N\NC(=O)c1cc([N+](=O)[O-])cc([N+](=O)[O-])c1. The van der Waals surface area contributed by atoms with Crippen molar-refractivity contribution in [1.29, 1.82) is 0 Å². The van der Waals surface area contributed by atoms with Crippen LogP contribution in [0.2, 0.25) is 0 Å². The molecule has 0 saturated heterocycles. The van der Waals surface area contributed by atoms with Crippen molar-refractivity contribution < 1.29 is 14.6 Å². The van der Waals surface area contributed by atoms with Crippen LogP contribution >= 0.6 is 0 Å². The number of nitro benzene ring substituents is 2. The molecule has 0 heterocycles. The molecular weight excluding hydrogens is 340 g/mol. The number of hydrogen-bond donors (Lipinski definition) is 1. The maximum atomic E-state index is 12.1. The lowest BCUT2D eigenvalue weighted by molar-refractivity contribution is -0.394. The molecule has 0 spiro atoms. The van der Waals surface area contributed by atoms with Crippen LogP contribution in [0.1, 0.15) is 22.8 Å². The number of nitro groups is 2. The molecular formula is C17H14N4O5. The lowest BCUT2D eigenvalue weighted by Gasteiger charge is -2.01. The monoisotopic (exact) mass is 354 g/mol. The van der Waals surface area contributed by atoms with Gasteiger partial charge in [0.15, 0.2) is 0 Å². The molecule has 2 aromatic rings. The second kappa shape index (κ2) is 8.29. The molecule has 0 unspecified atom stereocenters. The molecule has 1 N–H and O–H groups in total. The maximum absolute atomic E-state index is 12.1. The molecule has 0 radical (unpaired) electrons. The van der Waals surface area contributed by atoms with E-state index in [1.54, 1.807) is 19.1 Å². The Morgan fingerprint density at radius 2 is 1.62 bits per heavy atom. The van der Waals surface area contributed by atoms with Crippen LogP contribution in [0.3, 0.4) is 0 Å². The van der Waals surface area contributed by atoms with Crippen LogP contribution in [-0.4, -0.2) is 21.5 Å². The Bertz CT molecular complexity index is 874. The highest BCUT2D eigenvalue weighted by molar-refractivity contribution is 5.99. The Labute approximate surface area is 148 Å². The fraction of sp³-hybridized carbons (Fsp3) is 0.0588. The van der Waals surface area contributed by atoms with Crippen LogP contribution in [0.25, 0.3) is 6.08 Å². The zero-order valence-corrected chi connectivity index (χ0v) is 13.7. The number of rotatable bonds is 6. The van der Waals surface area contributed by atoms with E-state index >= 15 is 0 Å². The quantitative estimate of drug-likeness (QED) is 0.483. The topological polar surface area (TPSA) is 128 Å². The third-order valence-electron chi connectivity index (χ3n) is 3.24. The number of carbonyl (C=O) groups is 1. The summed E-state index contributed by atoms with van der Waals surface area (Å²) in [4.78, 5) is 32.2. The number of hydrazone groups is 1. The largest absolute Gasteiger partial charge is 0.277 e. The van der Waals surface area contributed by atoms with Crippen molar-refractivity contribution in [3.8, 4) is 0 Å². The van der Waals surface area contributed by atoms with Crippen molar-refractivity contribution >= 4 is 29.1 Å². The Morgan fingerprint density at radius 3 is 2.15 bits per heavy atom. The number of nitrogens with zero attached hydrogens (tertiary/aromatic N) is 3. The van der Waals surface area contributed by atoms with E-state index in [1.807, 2.05) is 30.3 Å². The molecule has 2 rings (SSSR count). The molecule has 0 saturated carbocycles. The van der Waals surface area contributed by atoms with Gasteiger partial charge in [-0.3, -0.25) is 25.0 Å². The summed E-state index contributed by atoms with van der Waals surface area (Å²) in [7, 11) is 0. The van der Waals surface area contributed by atoms with Crippen molar-refractivity contribution in [3.05, 3.63) is 86.0 Å². The fourth-order valence-electron chi connectivity index (χ4n) is 1.96. The van der Waals surface area contributed by atoms with E-state index in [-0.39, 0.29) is 5.56 Å². The van der Waals surface area contributed by atoms with Gasteiger partial charge in [-0.25, -0.2) is 5.43 Å². The van der Waals surface area contributed by atoms with Gasteiger partial charge < -0.3 is 0 Å². The molecule has 132 valence electrons. The molecule has 0 bridgehead atoms. The number of carbonyl (C=O) groups excluding carboxylic acids is 1. The van der Waals surface area contributed by atoms with E-state index in [0.717, 1.165) is 23.8 Å². The molecule has 0 aromatic heterocycles. The van der Waals surface area contributed by atoms with E-state index < -0.39 is 27.1 Å². The van der Waals surface area contributed by atoms with Crippen molar-refractivity contribution in [2.45, 2.75) is 6.92 Å². The van der Waals surface area contributed by atoms with Crippen LogP contribution in [0, 0.1) is 20.2 Å². The standard InChI is InChI=1S/C17H14N4O5/c1-12(7-8-13-5-3-2-4-6-13)18-19-17(22)14-9-15(20(23)24)11-16(10-14)21(25)26/h2-11H,1H3,(H,19,22)/b8-7+,18-12+. The molecule has 9 heteroatoms. The van der Waals surface area contributed by atoms with Gasteiger partial charge in [-0.05, 0) is 18.6 Å². The Kier molecular flexibility index (Phi) is 5.88. The summed E-state index contributed by atoms with van der Waals surface area (Å²) < 4.78 is 0. The van der Waals surface area contributed by atoms with Gasteiger partial charge in [0.25, 0.3) is 17.3 Å². The lowest BCUT2D eigenvalue weighted by Crippen LogP contribution is -2.19. The van der Waals surface area contributed by atoms with Crippen molar-refractivity contribution in [3.63, 3.8) is 0 Å². The number of amides is 1. The molecule has 2 aromatic carbocycles. The minimum atomic E-state index is -0.805. The van der Waals surface area contributed by atoms with Crippen LogP contribution in [0.5, 0.6) is 0 Å². The Hall–Kier alpha value is -3.88. The van der Waals surface area contributed by atoms with Gasteiger partial charge in [-0.2, -0.15) is 5.10 Å². The lowest BCUT2D eigenvalue weighted by atomic mass is 10.1. The highest BCUT2D eigenvalue weighted by atomic mass is 16.6. The third-order valence-corrected chi connectivity index (χ3v) is 3.24. The summed E-state index contributed by atoms with van der Waals surface area (Å²) in [5.74, 6) is -0.788. The second-order valence-electron chi connectivity index (χ2n) is 5.19. The molecule has 0 aliphatic carbocycles. The number of nitrogens with one attached hydrogen (secondary N) is 1. The predicted molar refractivity (Wildman–Crippen MR) is 95.8 cm³/mol. The van der Waals surface area contributed by atoms with Crippen LogP contribution < -0.4 is 5.43 Å². The van der Waals surface area contributed by atoms with Gasteiger partial charge in [-0.15, -0.1) is 0 Å². The van der Waals surface area contributed by atoms with Crippen LogP contribution in [-0.2, 0) is 0 Å². The molecule has 0 atom stereocenters. The summed E-state index contributed by atoms with van der Waals surface area (Å²) in [5.41, 5.74) is 2.32. The first-order valence-electron chi connectivity index (χ1n) is 7.38. The number of non-ortho nitro benzene ring substituents is 2. The number of allylic oxidation sites excluding steroid dienone is 1. The average Bonchev–Trinajstić information content (AvgIpc) is 2.64. The summed E-state index contributed by atoms with van der Waals surface area (Å²) in [6.07, 6.45) is 3.47. The summed E-state index contributed by atoms with van der Waals surface area (Å²) in [5, 5.41) is 25.6. The van der Waals surface area contributed by atoms with Crippen LogP contribution in [0.15, 0.2) is 59.7 Å². The highest BCUT2D eigenvalue weighted by Gasteiger charge is 2.19. The van der Waals surface area contributed by atoms with Gasteiger partial charge in [0.1, 0.15) is 0 Å².